The smallest absolute Gasteiger partial charge is 0.0745 e. The molecule has 2 heteroatoms. The molecule has 0 amide bonds. The molecule has 4 aliphatic carbocycles. The van der Waals surface area contributed by atoms with Gasteiger partial charge in [0.2, 0.25) is 0 Å². The van der Waals surface area contributed by atoms with Crippen molar-refractivity contribution in [2.24, 2.45) is 17.8 Å². The summed E-state index contributed by atoms with van der Waals surface area (Å²) >= 11 is 0. The first kappa shape index (κ1) is 10.1. The molecule has 15 heavy (non-hydrogen) atoms. The Bertz CT molecular complexity index is 212. The van der Waals surface area contributed by atoms with Gasteiger partial charge in [0.05, 0.1) is 18.3 Å². The minimum atomic E-state index is -0.307. The Kier molecular flexibility index (Phi) is 2.33. The Morgan fingerprint density at radius 1 is 1.13 bits per heavy atom. The monoisotopic (exact) mass is 210 g/mol. The molecule has 2 nitrogen and oxygen atoms in total. The molecule has 1 atom stereocenters. The van der Waals surface area contributed by atoms with E-state index >= 15 is 0 Å². The normalized spacial score (nSPS) is 49.6. The minimum absolute atomic E-state index is 0.172. The number of aliphatic hydroxyl groups excluding tert-OH is 1. The molecule has 0 radical (unpaired) electrons. The van der Waals surface area contributed by atoms with Crippen LogP contribution in [-0.4, -0.2) is 23.4 Å². The van der Waals surface area contributed by atoms with Crippen LogP contribution in [0.4, 0.5) is 0 Å². The van der Waals surface area contributed by atoms with Crippen molar-refractivity contribution in [3.63, 3.8) is 0 Å². The molecule has 0 aromatic carbocycles. The highest BCUT2D eigenvalue weighted by Crippen LogP contribution is 2.57. The summed E-state index contributed by atoms with van der Waals surface area (Å²) in [5.74, 6) is 2.81. The predicted molar refractivity (Wildman–Crippen MR) is 58.5 cm³/mol. The highest BCUT2D eigenvalue weighted by Gasteiger charge is 2.51. The molecule has 4 aliphatic rings. The third kappa shape index (κ3) is 1.83. The zero-order valence-corrected chi connectivity index (χ0v) is 9.61. The average molecular weight is 210 g/mol. The van der Waals surface area contributed by atoms with Crippen molar-refractivity contribution >= 4 is 0 Å². The van der Waals surface area contributed by atoms with Crippen LogP contribution < -0.4 is 0 Å². The molecule has 4 rings (SSSR count). The summed E-state index contributed by atoms with van der Waals surface area (Å²) in [7, 11) is 0. The Morgan fingerprint density at radius 3 is 2.00 bits per heavy atom. The third-order valence-corrected chi connectivity index (χ3v) is 4.61. The second-order valence-electron chi connectivity index (χ2n) is 6.26. The number of hydrogen-bond donors (Lipinski definition) is 1. The first-order chi connectivity index (χ1) is 7.15. The van der Waals surface area contributed by atoms with Crippen molar-refractivity contribution in [2.45, 2.75) is 57.2 Å². The van der Waals surface area contributed by atoms with E-state index in [4.69, 9.17) is 4.74 Å². The minimum Gasteiger partial charge on any atom is -0.391 e. The predicted octanol–water partition coefficient (Wildman–Crippen LogP) is 2.35. The average Bonchev–Trinajstić information content (AvgIpc) is 2.12. The van der Waals surface area contributed by atoms with E-state index in [0.717, 1.165) is 17.8 Å². The summed E-state index contributed by atoms with van der Waals surface area (Å²) in [5, 5.41) is 9.33. The highest BCUT2D eigenvalue weighted by molar-refractivity contribution is 5.03. The SMILES string of the molecule is CC(O)COC12CC3CC(CC(C3)C1)C2. The van der Waals surface area contributed by atoms with Crippen LogP contribution in [0.25, 0.3) is 0 Å². The number of rotatable bonds is 3. The van der Waals surface area contributed by atoms with E-state index < -0.39 is 0 Å². The van der Waals surface area contributed by atoms with Crippen molar-refractivity contribution in [3.8, 4) is 0 Å². The fourth-order valence-electron chi connectivity index (χ4n) is 4.51. The second kappa shape index (κ2) is 3.46. The molecule has 4 fully saturated rings. The zero-order chi connectivity index (χ0) is 10.5. The summed E-state index contributed by atoms with van der Waals surface area (Å²) in [6, 6.07) is 0. The van der Waals surface area contributed by atoms with Gasteiger partial charge in [-0.05, 0) is 63.2 Å². The van der Waals surface area contributed by atoms with Crippen molar-refractivity contribution in [1.82, 2.24) is 0 Å². The lowest BCUT2D eigenvalue weighted by atomic mass is 9.54. The highest BCUT2D eigenvalue weighted by atomic mass is 16.5. The molecule has 4 bridgehead atoms. The van der Waals surface area contributed by atoms with Gasteiger partial charge in [0.25, 0.3) is 0 Å². The van der Waals surface area contributed by atoms with Gasteiger partial charge in [0.15, 0.2) is 0 Å². The summed E-state index contributed by atoms with van der Waals surface area (Å²) in [5.41, 5.74) is 0.172. The van der Waals surface area contributed by atoms with Gasteiger partial charge in [-0.15, -0.1) is 0 Å². The molecular weight excluding hydrogens is 188 g/mol. The standard InChI is InChI=1S/C13H22O2/c1-9(14)8-15-13-5-10-2-11(6-13)4-12(3-10)7-13/h9-12,14H,2-8H2,1H3. The van der Waals surface area contributed by atoms with E-state index in [0.29, 0.717) is 6.61 Å². The number of ether oxygens (including phenoxy) is 1. The Labute approximate surface area is 92.0 Å². The first-order valence-electron chi connectivity index (χ1n) is 6.47. The second-order valence-corrected chi connectivity index (χ2v) is 6.26. The molecule has 0 aliphatic heterocycles. The summed E-state index contributed by atoms with van der Waals surface area (Å²) in [6.45, 7) is 2.35. The van der Waals surface area contributed by atoms with E-state index in [9.17, 15) is 5.11 Å². The fourth-order valence-corrected chi connectivity index (χ4v) is 4.51. The first-order valence-corrected chi connectivity index (χ1v) is 6.47. The van der Waals surface area contributed by atoms with E-state index in [-0.39, 0.29) is 11.7 Å². The van der Waals surface area contributed by atoms with Crippen LogP contribution in [0, 0.1) is 17.8 Å². The molecule has 4 saturated carbocycles. The van der Waals surface area contributed by atoms with Crippen molar-refractivity contribution in [3.05, 3.63) is 0 Å². The third-order valence-electron chi connectivity index (χ3n) is 4.61. The van der Waals surface area contributed by atoms with Crippen LogP contribution >= 0.6 is 0 Å². The topological polar surface area (TPSA) is 29.5 Å². The van der Waals surface area contributed by atoms with Gasteiger partial charge >= 0.3 is 0 Å². The molecule has 0 aromatic rings. The Balaban J connectivity index is 1.70. The van der Waals surface area contributed by atoms with E-state index in [1.165, 1.54) is 38.5 Å². The zero-order valence-electron chi connectivity index (χ0n) is 9.61. The van der Waals surface area contributed by atoms with Gasteiger partial charge in [-0.1, -0.05) is 0 Å². The van der Waals surface area contributed by atoms with Gasteiger partial charge < -0.3 is 9.84 Å². The van der Waals surface area contributed by atoms with Crippen molar-refractivity contribution in [2.75, 3.05) is 6.61 Å². The quantitative estimate of drug-likeness (QED) is 0.775. The van der Waals surface area contributed by atoms with Gasteiger partial charge in [-0.25, -0.2) is 0 Å². The lowest BCUT2D eigenvalue weighted by Crippen LogP contribution is -2.52. The van der Waals surface area contributed by atoms with Gasteiger partial charge in [-0.3, -0.25) is 0 Å². The maximum atomic E-state index is 9.33. The van der Waals surface area contributed by atoms with Gasteiger partial charge in [0, 0.05) is 0 Å². The maximum Gasteiger partial charge on any atom is 0.0745 e. The van der Waals surface area contributed by atoms with E-state index in [1.54, 1.807) is 0 Å². The molecule has 1 unspecified atom stereocenters. The summed E-state index contributed by atoms with van der Waals surface area (Å²) in [6.07, 6.45) is 7.87. The number of aliphatic hydroxyl groups is 1. The van der Waals surface area contributed by atoms with Crippen LogP contribution in [0.1, 0.15) is 45.4 Å². The molecule has 0 aromatic heterocycles. The largest absolute Gasteiger partial charge is 0.391 e. The fraction of sp³-hybridized carbons (Fsp3) is 1.00. The molecular formula is C13H22O2. The Hall–Kier alpha value is -0.0800. The summed E-state index contributed by atoms with van der Waals surface area (Å²) in [4.78, 5) is 0. The lowest BCUT2D eigenvalue weighted by molar-refractivity contribution is -0.173. The Morgan fingerprint density at radius 2 is 1.60 bits per heavy atom. The van der Waals surface area contributed by atoms with Crippen LogP contribution in [0.3, 0.4) is 0 Å². The number of hydrogen-bond acceptors (Lipinski definition) is 2. The van der Waals surface area contributed by atoms with Crippen LogP contribution in [-0.2, 0) is 4.74 Å². The van der Waals surface area contributed by atoms with E-state index in [2.05, 4.69) is 0 Å². The van der Waals surface area contributed by atoms with Crippen LogP contribution in [0.5, 0.6) is 0 Å². The molecule has 0 heterocycles. The van der Waals surface area contributed by atoms with Crippen LogP contribution in [0.15, 0.2) is 0 Å². The molecule has 0 spiro atoms. The van der Waals surface area contributed by atoms with E-state index in [1.807, 2.05) is 6.92 Å². The lowest BCUT2D eigenvalue weighted by Gasteiger charge is -2.56. The molecule has 0 saturated heterocycles. The van der Waals surface area contributed by atoms with Gasteiger partial charge in [0.1, 0.15) is 0 Å². The summed E-state index contributed by atoms with van der Waals surface area (Å²) < 4.78 is 6.05. The van der Waals surface area contributed by atoms with Crippen molar-refractivity contribution < 1.29 is 9.84 Å². The van der Waals surface area contributed by atoms with Gasteiger partial charge in [-0.2, -0.15) is 0 Å². The van der Waals surface area contributed by atoms with Crippen LogP contribution in [0.2, 0.25) is 0 Å². The molecule has 1 N–H and O–H groups in total. The molecule has 86 valence electrons. The van der Waals surface area contributed by atoms with Crippen molar-refractivity contribution in [1.29, 1.82) is 0 Å². The maximum absolute atomic E-state index is 9.33.